The van der Waals surface area contributed by atoms with Crippen molar-refractivity contribution >= 4 is 28.4 Å². The minimum absolute atomic E-state index is 0.193. The number of nitrogens with two attached hydrogens (primary N) is 1. The molecule has 0 unspecified atom stereocenters. The molecule has 2 aromatic carbocycles. The fraction of sp³-hybridized carbons (Fsp3) is 0.118. The summed E-state index contributed by atoms with van der Waals surface area (Å²) in [6.07, 6.45) is 0. The van der Waals surface area contributed by atoms with Crippen LogP contribution in [-0.2, 0) is 0 Å². The zero-order valence-electron chi connectivity index (χ0n) is 12.9. The van der Waals surface area contributed by atoms with Gasteiger partial charge in [-0.25, -0.2) is 14.8 Å². The van der Waals surface area contributed by atoms with E-state index in [0.717, 1.165) is 16.5 Å². The Balaban J connectivity index is 2.00. The van der Waals surface area contributed by atoms with Crippen LogP contribution >= 0.6 is 0 Å². The molecule has 0 atom stereocenters. The first-order valence-electron chi connectivity index (χ1n) is 7.15. The molecule has 116 valence electrons. The molecular weight excluding hydrogens is 290 g/mol. The van der Waals surface area contributed by atoms with Gasteiger partial charge in [0.25, 0.3) is 0 Å². The Kier molecular flexibility index (Phi) is 3.80. The largest absolute Gasteiger partial charge is 0.383 e. The molecule has 0 saturated carbocycles. The predicted octanol–water partition coefficient (Wildman–Crippen LogP) is 2.97. The number of carbonyl (C=O) groups is 1. The van der Waals surface area contributed by atoms with Crippen molar-refractivity contribution in [3.63, 3.8) is 0 Å². The lowest BCUT2D eigenvalue weighted by Crippen LogP contribution is -2.27. The number of nitrogen functional groups attached to an aromatic ring is 1. The van der Waals surface area contributed by atoms with Gasteiger partial charge in [0.15, 0.2) is 5.82 Å². The van der Waals surface area contributed by atoms with Gasteiger partial charge in [-0.3, -0.25) is 0 Å². The molecule has 0 aliphatic heterocycles. The molecule has 3 rings (SSSR count). The molecule has 23 heavy (non-hydrogen) atoms. The van der Waals surface area contributed by atoms with E-state index in [1.807, 2.05) is 48.5 Å². The van der Waals surface area contributed by atoms with Gasteiger partial charge in [0.05, 0.1) is 5.52 Å². The summed E-state index contributed by atoms with van der Waals surface area (Å²) in [6.45, 7) is 0. The second-order valence-corrected chi connectivity index (χ2v) is 5.35. The Labute approximate surface area is 134 Å². The van der Waals surface area contributed by atoms with E-state index in [4.69, 9.17) is 5.73 Å². The normalized spacial score (nSPS) is 10.5. The molecule has 0 fully saturated rings. The average molecular weight is 307 g/mol. The van der Waals surface area contributed by atoms with Crippen LogP contribution in [0.3, 0.4) is 0 Å². The van der Waals surface area contributed by atoms with Gasteiger partial charge in [0, 0.05) is 30.7 Å². The Bertz CT molecular complexity index is 876. The first-order valence-corrected chi connectivity index (χ1v) is 7.15. The highest BCUT2D eigenvalue weighted by molar-refractivity contribution is 5.91. The zero-order chi connectivity index (χ0) is 16.4. The number of para-hydroxylation sites is 1. The summed E-state index contributed by atoms with van der Waals surface area (Å²) in [5.41, 5.74) is 8.28. The van der Waals surface area contributed by atoms with Crippen molar-refractivity contribution in [3.05, 3.63) is 48.5 Å². The van der Waals surface area contributed by atoms with E-state index in [-0.39, 0.29) is 6.03 Å². The van der Waals surface area contributed by atoms with Gasteiger partial charge in [0.1, 0.15) is 5.82 Å². The van der Waals surface area contributed by atoms with Crippen LogP contribution in [0.2, 0.25) is 0 Å². The molecule has 0 bridgehead atoms. The molecular formula is C17H17N5O. The van der Waals surface area contributed by atoms with Crippen molar-refractivity contribution in [2.24, 2.45) is 0 Å². The molecule has 3 aromatic rings. The summed E-state index contributed by atoms with van der Waals surface area (Å²) >= 11 is 0. The van der Waals surface area contributed by atoms with Crippen LogP contribution in [-0.4, -0.2) is 35.0 Å². The van der Waals surface area contributed by atoms with Crippen LogP contribution in [0.1, 0.15) is 0 Å². The zero-order valence-corrected chi connectivity index (χ0v) is 12.9. The maximum absolute atomic E-state index is 11.8. The summed E-state index contributed by atoms with van der Waals surface area (Å²) in [6, 6.07) is 14.8. The standard InChI is InChI=1S/C17H17N5O/c1-22(2)17(23)19-12-7-5-6-11(10-12)16-20-14-9-4-3-8-13(14)15(18)21-16/h3-10H,1-2H3,(H,19,23)(H2,18,20,21). The molecule has 2 amide bonds. The molecule has 1 aromatic heterocycles. The summed E-state index contributed by atoms with van der Waals surface area (Å²) in [7, 11) is 3.37. The Morgan fingerprint density at radius 3 is 2.65 bits per heavy atom. The van der Waals surface area contributed by atoms with E-state index >= 15 is 0 Å². The highest BCUT2D eigenvalue weighted by Crippen LogP contribution is 2.24. The number of fused-ring (bicyclic) bond motifs is 1. The minimum Gasteiger partial charge on any atom is -0.383 e. The number of aromatic nitrogens is 2. The maximum Gasteiger partial charge on any atom is 0.321 e. The number of benzene rings is 2. The van der Waals surface area contributed by atoms with Crippen molar-refractivity contribution in [2.75, 3.05) is 25.1 Å². The van der Waals surface area contributed by atoms with Gasteiger partial charge in [-0.05, 0) is 24.3 Å². The third-order valence-corrected chi connectivity index (χ3v) is 3.41. The number of carbonyl (C=O) groups excluding carboxylic acids is 1. The molecule has 0 spiro atoms. The van der Waals surface area contributed by atoms with E-state index in [2.05, 4.69) is 15.3 Å². The van der Waals surface area contributed by atoms with Crippen LogP contribution in [0.5, 0.6) is 0 Å². The summed E-state index contributed by atoms with van der Waals surface area (Å²) < 4.78 is 0. The molecule has 3 N–H and O–H groups in total. The molecule has 0 aliphatic carbocycles. The molecule has 0 aliphatic rings. The van der Waals surface area contributed by atoms with Crippen molar-refractivity contribution in [3.8, 4) is 11.4 Å². The van der Waals surface area contributed by atoms with Crippen LogP contribution in [0.15, 0.2) is 48.5 Å². The van der Waals surface area contributed by atoms with E-state index in [9.17, 15) is 4.79 Å². The van der Waals surface area contributed by atoms with E-state index in [1.165, 1.54) is 4.90 Å². The first kappa shape index (κ1) is 14.8. The Morgan fingerprint density at radius 1 is 1.09 bits per heavy atom. The maximum atomic E-state index is 11.8. The molecule has 1 heterocycles. The van der Waals surface area contributed by atoms with Crippen molar-refractivity contribution in [2.45, 2.75) is 0 Å². The number of anilines is 2. The Morgan fingerprint density at radius 2 is 1.87 bits per heavy atom. The van der Waals surface area contributed by atoms with Gasteiger partial charge in [-0.2, -0.15) is 0 Å². The highest BCUT2D eigenvalue weighted by atomic mass is 16.2. The third-order valence-electron chi connectivity index (χ3n) is 3.41. The molecule has 0 radical (unpaired) electrons. The second-order valence-electron chi connectivity index (χ2n) is 5.35. The summed E-state index contributed by atoms with van der Waals surface area (Å²) in [4.78, 5) is 22.1. The smallest absolute Gasteiger partial charge is 0.321 e. The number of urea groups is 1. The van der Waals surface area contributed by atoms with Crippen LogP contribution < -0.4 is 11.1 Å². The van der Waals surface area contributed by atoms with Crippen molar-refractivity contribution in [1.82, 2.24) is 14.9 Å². The summed E-state index contributed by atoms with van der Waals surface area (Å²) in [5, 5.41) is 3.63. The lowest BCUT2D eigenvalue weighted by atomic mass is 10.1. The van der Waals surface area contributed by atoms with Gasteiger partial charge in [0.2, 0.25) is 0 Å². The van der Waals surface area contributed by atoms with Crippen molar-refractivity contribution < 1.29 is 4.79 Å². The molecule has 0 saturated heterocycles. The number of hydrogen-bond acceptors (Lipinski definition) is 4. The lowest BCUT2D eigenvalue weighted by Gasteiger charge is -2.12. The topological polar surface area (TPSA) is 84.1 Å². The van der Waals surface area contributed by atoms with Gasteiger partial charge in [-0.1, -0.05) is 24.3 Å². The van der Waals surface area contributed by atoms with E-state index in [0.29, 0.717) is 17.3 Å². The van der Waals surface area contributed by atoms with Crippen LogP contribution in [0, 0.1) is 0 Å². The van der Waals surface area contributed by atoms with Crippen LogP contribution in [0.25, 0.3) is 22.3 Å². The summed E-state index contributed by atoms with van der Waals surface area (Å²) in [5.74, 6) is 0.968. The highest BCUT2D eigenvalue weighted by Gasteiger charge is 2.09. The number of hydrogen-bond donors (Lipinski definition) is 2. The predicted molar refractivity (Wildman–Crippen MR) is 92.1 cm³/mol. The molecule has 6 heteroatoms. The van der Waals surface area contributed by atoms with Crippen molar-refractivity contribution in [1.29, 1.82) is 0 Å². The van der Waals surface area contributed by atoms with Gasteiger partial charge in [-0.15, -0.1) is 0 Å². The first-order chi connectivity index (χ1) is 11.0. The lowest BCUT2D eigenvalue weighted by molar-refractivity contribution is 0.230. The number of nitrogens with zero attached hydrogens (tertiary/aromatic N) is 3. The van der Waals surface area contributed by atoms with Gasteiger partial charge < -0.3 is 16.0 Å². The van der Waals surface area contributed by atoms with E-state index in [1.54, 1.807) is 14.1 Å². The third kappa shape index (κ3) is 3.06. The average Bonchev–Trinajstić information content (AvgIpc) is 2.55. The SMILES string of the molecule is CN(C)C(=O)Nc1cccc(-c2nc(N)c3ccccc3n2)c1. The monoisotopic (exact) mass is 307 g/mol. The quantitative estimate of drug-likeness (QED) is 0.762. The molecule has 6 nitrogen and oxygen atoms in total. The number of rotatable bonds is 2. The van der Waals surface area contributed by atoms with Gasteiger partial charge >= 0.3 is 6.03 Å². The fourth-order valence-corrected chi connectivity index (χ4v) is 2.20. The number of amides is 2. The number of nitrogens with one attached hydrogen (secondary N) is 1. The second kappa shape index (κ2) is 5.92. The Hall–Kier alpha value is -3.15. The van der Waals surface area contributed by atoms with E-state index < -0.39 is 0 Å². The minimum atomic E-state index is -0.193. The fourth-order valence-electron chi connectivity index (χ4n) is 2.20. The van der Waals surface area contributed by atoms with Crippen LogP contribution in [0.4, 0.5) is 16.3 Å².